The summed E-state index contributed by atoms with van der Waals surface area (Å²) in [5.41, 5.74) is 0.794. The molecule has 0 saturated carbocycles. The van der Waals surface area contributed by atoms with Crippen molar-refractivity contribution in [3.8, 4) is 6.07 Å². The van der Waals surface area contributed by atoms with E-state index >= 15 is 0 Å². The van der Waals surface area contributed by atoms with Gasteiger partial charge in [0, 0.05) is 10.8 Å². The minimum absolute atomic E-state index is 0.195. The summed E-state index contributed by atoms with van der Waals surface area (Å²) in [5, 5.41) is 20.4. The smallest absolute Gasteiger partial charge is 0.234 e. The van der Waals surface area contributed by atoms with Crippen LogP contribution in [-0.2, 0) is 4.79 Å². The van der Waals surface area contributed by atoms with Crippen molar-refractivity contribution in [2.75, 3.05) is 16.8 Å². The Morgan fingerprint density at radius 1 is 1.38 bits per heavy atom. The van der Waals surface area contributed by atoms with E-state index in [0.29, 0.717) is 22.2 Å². The number of nitrogens with one attached hydrogen (secondary N) is 1. The minimum Gasteiger partial charge on any atom is -0.324 e. The molecule has 2 aromatic rings. The summed E-state index contributed by atoms with van der Waals surface area (Å²) in [5.74, 6) is 1.56. The number of nitriles is 1. The molecule has 126 valence electrons. The van der Waals surface area contributed by atoms with Gasteiger partial charge in [0.2, 0.25) is 5.91 Å². The van der Waals surface area contributed by atoms with Crippen molar-refractivity contribution < 1.29 is 4.79 Å². The fourth-order valence-corrected chi connectivity index (χ4v) is 4.55. The molecule has 1 heterocycles. The lowest BCUT2D eigenvalue weighted by Gasteiger charge is -2.06. The predicted octanol–water partition coefficient (Wildman–Crippen LogP) is 4.54. The molecule has 5 nitrogen and oxygen atoms in total. The van der Waals surface area contributed by atoms with E-state index in [1.807, 2.05) is 6.07 Å². The lowest BCUT2D eigenvalue weighted by Crippen LogP contribution is -2.14. The van der Waals surface area contributed by atoms with Gasteiger partial charge in [-0.2, -0.15) is 5.26 Å². The molecule has 0 fully saturated rings. The second-order valence-electron chi connectivity index (χ2n) is 5.18. The molecule has 0 bridgehead atoms. The number of nitrogens with zero attached hydrogens (tertiary/aromatic N) is 3. The molecule has 9 heteroatoms. The van der Waals surface area contributed by atoms with E-state index in [0.717, 1.165) is 14.4 Å². The van der Waals surface area contributed by atoms with Crippen LogP contribution in [0.3, 0.4) is 0 Å². The lowest BCUT2D eigenvalue weighted by molar-refractivity contribution is -0.113. The van der Waals surface area contributed by atoms with Gasteiger partial charge in [-0.15, -0.1) is 10.2 Å². The number of rotatable bonds is 7. The van der Waals surface area contributed by atoms with Crippen LogP contribution in [0.4, 0.5) is 5.69 Å². The second kappa shape index (κ2) is 9.28. The van der Waals surface area contributed by atoms with E-state index in [1.54, 1.807) is 30.0 Å². The molecule has 0 unspecified atom stereocenters. The van der Waals surface area contributed by atoms with E-state index < -0.39 is 0 Å². The highest BCUT2D eigenvalue weighted by atomic mass is 35.5. The van der Waals surface area contributed by atoms with Crippen LogP contribution < -0.4 is 5.32 Å². The maximum atomic E-state index is 12.1. The Hall–Kier alpha value is -1.27. The third-order valence-corrected chi connectivity index (χ3v) is 6.48. The Bertz CT molecular complexity index is 757. The fraction of sp³-hybridized carbons (Fsp3) is 0.333. The number of carbonyl (C=O) groups is 1. The zero-order valence-corrected chi connectivity index (χ0v) is 16.3. The van der Waals surface area contributed by atoms with Crippen molar-refractivity contribution in [2.45, 2.75) is 22.5 Å². The molecule has 24 heavy (non-hydrogen) atoms. The van der Waals surface area contributed by atoms with E-state index in [4.69, 9.17) is 16.9 Å². The average molecular weight is 399 g/mol. The highest BCUT2D eigenvalue weighted by molar-refractivity contribution is 8.03. The Morgan fingerprint density at radius 2 is 2.08 bits per heavy atom. The van der Waals surface area contributed by atoms with Gasteiger partial charge in [0.15, 0.2) is 8.68 Å². The predicted molar refractivity (Wildman–Crippen MR) is 101 cm³/mol. The number of halogens is 1. The first-order valence-corrected chi connectivity index (χ1v) is 10.2. The first-order valence-electron chi connectivity index (χ1n) is 7.06. The van der Waals surface area contributed by atoms with Gasteiger partial charge < -0.3 is 5.32 Å². The molecule has 0 aliphatic carbocycles. The number of hydrogen-bond donors (Lipinski definition) is 1. The molecule has 0 aliphatic rings. The Balaban J connectivity index is 1.88. The highest BCUT2D eigenvalue weighted by Crippen LogP contribution is 2.30. The topological polar surface area (TPSA) is 78.7 Å². The normalized spacial score (nSPS) is 10.6. The molecule has 0 radical (unpaired) electrons. The minimum atomic E-state index is -0.217. The lowest BCUT2D eigenvalue weighted by atomic mass is 10.2. The van der Waals surface area contributed by atoms with Crippen LogP contribution in [0.25, 0.3) is 0 Å². The van der Waals surface area contributed by atoms with Gasteiger partial charge in [-0.3, -0.25) is 4.79 Å². The molecule has 2 rings (SSSR count). The average Bonchev–Trinajstić information content (AvgIpc) is 2.99. The Labute approximate surface area is 158 Å². The van der Waals surface area contributed by atoms with E-state index in [9.17, 15) is 4.79 Å². The van der Waals surface area contributed by atoms with Crippen molar-refractivity contribution in [2.24, 2.45) is 5.92 Å². The molecule has 0 atom stereocenters. The van der Waals surface area contributed by atoms with E-state index in [2.05, 4.69) is 29.4 Å². The van der Waals surface area contributed by atoms with Crippen LogP contribution in [0.15, 0.2) is 26.9 Å². The summed E-state index contributed by atoms with van der Waals surface area (Å²) in [4.78, 5) is 12.1. The summed E-state index contributed by atoms with van der Waals surface area (Å²) in [6, 6.07) is 6.78. The summed E-state index contributed by atoms with van der Waals surface area (Å²) in [6.07, 6.45) is 0. The zero-order valence-electron chi connectivity index (χ0n) is 13.1. The van der Waals surface area contributed by atoms with Gasteiger partial charge in [0.05, 0.1) is 17.0 Å². The van der Waals surface area contributed by atoms with Gasteiger partial charge >= 0.3 is 0 Å². The van der Waals surface area contributed by atoms with Gasteiger partial charge in [0.25, 0.3) is 0 Å². The third kappa shape index (κ3) is 5.98. The van der Waals surface area contributed by atoms with Gasteiger partial charge in [-0.25, -0.2) is 0 Å². The van der Waals surface area contributed by atoms with Crippen molar-refractivity contribution in [3.63, 3.8) is 0 Å². The quantitative estimate of drug-likeness (QED) is 0.689. The van der Waals surface area contributed by atoms with Crippen molar-refractivity contribution in [1.29, 1.82) is 5.26 Å². The number of aromatic nitrogens is 2. The van der Waals surface area contributed by atoms with Crippen molar-refractivity contribution >= 4 is 58.1 Å². The maximum absolute atomic E-state index is 12.1. The molecule has 1 amide bonds. The second-order valence-corrected chi connectivity index (χ2v) is 9.08. The zero-order chi connectivity index (χ0) is 17.5. The number of hydrogen-bond acceptors (Lipinski definition) is 7. The Morgan fingerprint density at radius 3 is 2.75 bits per heavy atom. The molecular weight excluding hydrogens is 384 g/mol. The van der Waals surface area contributed by atoms with Crippen LogP contribution in [0.1, 0.15) is 19.4 Å². The molecule has 0 spiro atoms. The molecule has 1 aromatic heterocycles. The summed E-state index contributed by atoms with van der Waals surface area (Å²) in [7, 11) is 0. The van der Waals surface area contributed by atoms with Crippen LogP contribution in [0.2, 0.25) is 5.02 Å². The number of amides is 1. The first-order chi connectivity index (χ1) is 11.5. The molecule has 0 aliphatic heterocycles. The van der Waals surface area contributed by atoms with Gasteiger partial charge in [-0.1, -0.05) is 60.3 Å². The number of anilines is 1. The Kier molecular flexibility index (Phi) is 7.37. The number of thioether (sulfide) groups is 2. The molecule has 1 N–H and O–H groups in total. The summed E-state index contributed by atoms with van der Waals surface area (Å²) < 4.78 is 1.66. The first kappa shape index (κ1) is 19.1. The van der Waals surface area contributed by atoms with Crippen molar-refractivity contribution in [1.82, 2.24) is 10.2 Å². The molecule has 1 aromatic carbocycles. The monoisotopic (exact) mass is 398 g/mol. The third-order valence-electron chi connectivity index (χ3n) is 2.63. The molecule has 0 saturated heterocycles. The van der Waals surface area contributed by atoms with E-state index in [1.165, 1.54) is 23.1 Å². The van der Waals surface area contributed by atoms with Gasteiger partial charge in [-0.05, 0) is 24.1 Å². The summed E-state index contributed by atoms with van der Waals surface area (Å²) in [6.45, 7) is 4.30. The van der Waals surface area contributed by atoms with Gasteiger partial charge in [0.1, 0.15) is 6.07 Å². The van der Waals surface area contributed by atoms with E-state index in [-0.39, 0.29) is 11.7 Å². The maximum Gasteiger partial charge on any atom is 0.234 e. The largest absolute Gasteiger partial charge is 0.324 e. The number of carbonyl (C=O) groups excluding carboxylic acids is 1. The van der Waals surface area contributed by atoms with Crippen molar-refractivity contribution in [3.05, 3.63) is 28.8 Å². The summed E-state index contributed by atoms with van der Waals surface area (Å²) >= 11 is 10.4. The fourth-order valence-electron chi connectivity index (χ4n) is 1.58. The van der Waals surface area contributed by atoms with Crippen LogP contribution in [0, 0.1) is 17.2 Å². The number of benzene rings is 1. The standard InChI is InChI=1S/C15H15ClN4OS3/c1-9(2)7-22-14-19-20-15(24-14)23-8-13(21)18-12-5-11(16)4-3-10(12)6-17/h3-5,9H,7-8H2,1-2H3,(H,18,21). The highest BCUT2D eigenvalue weighted by Gasteiger charge is 2.11. The van der Waals surface area contributed by atoms with Crippen LogP contribution >= 0.6 is 46.5 Å². The van der Waals surface area contributed by atoms with Crippen LogP contribution in [0.5, 0.6) is 0 Å². The van der Waals surface area contributed by atoms with Crippen LogP contribution in [-0.4, -0.2) is 27.6 Å². The molecular formula is C15H15ClN4OS3. The SMILES string of the molecule is CC(C)CSc1nnc(SCC(=O)Nc2cc(Cl)ccc2C#N)s1.